The molecule has 1 aromatic rings. The van der Waals surface area contributed by atoms with Crippen molar-refractivity contribution in [1.29, 1.82) is 0 Å². The molecule has 0 amide bonds. The van der Waals surface area contributed by atoms with E-state index in [4.69, 9.17) is 16.3 Å². The molecule has 14 heavy (non-hydrogen) atoms. The third kappa shape index (κ3) is 3.31. The predicted molar refractivity (Wildman–Crippen MR) is 59.9 cm³/mol. The average molecular weight is 278 g/mol. The van der Waals surface area contributed by atoms with Crippen LogP contribution in [-0.2, 0) is 11.2 Å². The summed E-state index contributed by atoms with van der Waals surface area (Å²) in [5.41, 5.74) is 1.05. The van der Waals surface area contributed by atoms with E-state index in [0.717, 1.165) is 16.5 Å². The van der Waals surface area contributed by atoms with E-state index in [1.807, 2.05) is 25.1 Å². The number of aryl methyl sites for hydroxylation is 1. The first-order valence-electron chi connectivity index (χ1n) is 4.23. The van der Waals surface area contributed by atoms with Crippen LogP contribution in [0.1, 0.15) is 12.5 Å². The Morgan fingerprint density at radius 1 is 1.57 bits per heavy atom. The lowest BCUT2D eigenvalue weighted by Crippen LogP contribution is -2.05. The largest absolute Gasteiger partial charge is 0.484 e. The van der Waals surface area contributed by atoms with Crippen molar-refractivity contribution in [3.8, 4) is 5.75 Å². The molecule has 0 heterocycles. The minimum absolute atomic E-state index is 0.0871. The molecule has 0 radical (unpaired) electrons. The van der Waals surface area contributed by atoms with E-state index in [2.05, 4.69) is 15.9 Å². The molecule has 2 nitrogen and oxygen atoms in total. The molecule has 4 heteroatoms. The Labute approximate surface area is 96.3 Å². The minimum Gasteiger partial charge on any atom is -0.484 e. The van der Waals surface area contributed by atoms with Crippen molar-refractivity contribution in [1.82, 2.24) is 0 Å². The minimum atomic E-state index is -0.491. The van der Waals surface area contributed by atoms with Crippen molar-refractivity contribution in [3.63, 3.8) is 0 Å². The van der Waals surface area contributed by atoms with Crippen LogP contribution in [0.15, 0.2) is 22.7 Å². The summed E-state index contributed by atoms with van der Waals surface area (Å²) < 4.78 is 6.24. The van der Waals surface area contributed by atoms with E-state index >= 15 is 0 Å². The van der Waals surface area contributed by atoms with Crippen molar-refractivity contribution in [2.45, 2.75) is 13.3 Å². The summed E-state index contributed by atoms with van der Waals surface area (Å²) in [4.78, 5) is 10.5. The molecule has 0 aliphatic carbocycles. The monoisotopic (exact) mass is 276 g/mol. The maximum Gasteiger partial charge on any atom is 0.259 e. The summed E-state index contributed by atoms with van der Waals surface area (Å²) in [6, 6.07) is 5.66. The third-order valence-electron chi connectivity index (χ3n) is 1.74. The van der Waals surface area contributed by atoms with Gasteiger partial charge in [0, 0.05) is 4.47 Å². The van der Waals surface area contributed by atoms with Gasteiger partial charge in [0.25, 0.3) is 5.24 Å². The average Bonchev–Trinajstić information content (AvgIpc) is 2.15. The number of rotatable bonds is 4. The number of carbonyl (C=O) groups is 1. The quantitative estimate of drug-likeness (QED) is 0.790. The van der Waals surface area contributed by atoms with Crippen LogP contribution >= 0.6 is 27.5 Å². The number of hydrogen-bond acceptors (Lipinski definition) is 2. The van der Waals surface area contributed by atoms with Gasteiger partial charge in [-0.1, -0.05) is 22.9 Å². The second-order valence-corrected chi connectivity index (χ2v) is 4.09. The van der Waals surface area contributed by atoms with Gasteiger partial charge in [-0.05, 0) is 41.8 Å². The summed E-state index contributed by atoms with van der Waals surface area (Å²) in [5.74, 6) is 0.713. The smallest absolute Gasteiger partial charge is 0.259 e. The number of hydrogen-bond donors (Lipinski definition) is 0. The van der Waals surface area contributed by atoms with Gasteiger partial charge in [-0.2, -0.15) is 0 Å². The summed E-state index contributed by atoms with van der Waals surface area (Å²) >= 11 is 8.55. The summed E-state index contributed by atoms with van der Waals surface area (Å²) in [5, 5.41) is -0.491. The van der Waals surface area contributed by atoms with E-state index in [1.165, 1.54) is 0 Å². The second kappa shape index (κ2) is 5.37. The number of ether oxygens (including phenoxy) is 1. The van der Waals surface area contributed by atoms with Gasteiger partial charge < -0.3 is 4.74 Å². The molecular formula is C10H10BrClO2. The van der Waals surface area contributed by atoms with Crippen LogP contribution < -0.4 is 4.74 Å². The number of halogens is 2. The Hall–Kier alpha value is -0.540. The highest BCUT2D eigenvalue weighted by Gasteiger charge is 2.04. The molecule has 0 saturated carbocycles. The molecule has 0 aliphatic heterocycles. The van der Waals surface area contributed by atoms with Gasteiger partial charge in [0.2, 0.25) is 0 Å². The lowest BCUT2D eigenvalue weighted by atomic mass is 10.1. The standard InChI is InChI=1S/C10H10BrClO2/c1-2-7-5-8(11)3-4-9(7)14-6-10(12)13/h3-5H,2,6H2,1H3. The zero-order valence-corrected chi connectivity index (χ0v) is 10.1. The van der Waals surface area contributed by atoms with Gasteiger partial charge in [0.15, 0.2) is 6.61 Å². The van der Waals surface area contributed by atoms with Crippen LogP contribution in [0, 0.1) is 0 Å². The van der Waals surface area contributed by atoms with Crippen LogP contribution in [0.25, 0.3) is 0 Å². The van der Waals surface area contributed by atoms with Gasteiger partial charge in [0.05, 0.1) is 0 Å². The van der Waals surface area contributed by atoms with Crippen LogP contribution in [0.2, 0.25) is 0 Å². The van der Waals surface area contributed by atoms with Gasteiger partial charge >= 0.3 is 0 Å². The molecule has 0 fully saturated rings. The van der Waals surface area contributed by atoms with Gasteiger partial charge in [0.1, 0.15) is 5.75 Å². The topological polar surface area (TPSA) is 26.3 Å². The van der Waals surface area contributed by atoms with Gasteiger partial charge in [-0.3, -0.25) is 4.79 Å². The Bertz CT molecular complexity index is 339. The van der Waals surface area contributed by atoms with E-state index in [-0.39, 0.29) is 6.61 Å². The molecule has 1 rings (SSSR count). The van der Waals surface area contributed by atoms with Crippen molar-refractivity contribution < 1.29 is 9.53 Å². The normalized spacial score (nSPS) is 9.93. The van der Waals surface area contributed by atoms with E-state index in [0.29, 0.717) is 5.75 Å². The van der Waals surface area contributed by atoms with Crippen LogP contribution in [0.4, 0.5) is 0 Å². The van der Waals surface area contributed by atoms with E-state index in [9.17, 15) is 4.79 Å². The maximum atomic E-state index is 10.5. The molecule has 0 N–H and O–H groups in total. The van der Waals surface area contributed by atoms with Crippen LogP contribution in [-0.4, -0.2) is 11.8 Å². The molecule has 0 aliphatic rings. The molecular weight excluding hydrogens is 267 g/mol. The number of benzene rings is 1. The fourth-order valence-corrected chi connectivity index (χ4v) is 1.56. The Morgan fingerprint density at radius 3 is 2.86 bits per heavy atom. The molecule has 1 aromatic carbocycles. The maximum absolute atomic E-state index is 10.5. The molecule has 76 valence electrons. The lowest BCUT2D eigenvalue weighted by molar-refractivity contribution is -0.113. The number of carbonyl (C=O) groups excluding carboxylic acids is 1. The predicted octanol–water partition coefficient (Wildman–Crippen LogP) is 3.16. The zero-order valence-electron chi connectivity index (χ0n) is 7.72. The van der Waals surface area contributed by atoms with Gasteiger partial charge in [-0.25, -0.2) is 0 Å². The first-order chi connectivity index (χ1) is 6.63. The van der Waals surface area contributed by atoms with Crippen molar-refractivity contribution in [3.05, 3.63) is 28.2 Å². The summed E-state index contributed by atoms with van der Waals surface area (Å²) in [6.45, 7) is 1.94. The highest BCUT2D eigenvalue weighted by Crippen LogP contribution is 2.23. The molecule has 0 atom stereocenters. The Kier molecular flexibility index (Phi) is 4.42. The molecule has 0 aromatic heterocycles. The third-order valence-corrected chi connectivity index (χ3v) is 2.35. The SMILES string of the molecule is CCc1cc(Br)ccc1OCC(=O)Cl. The first-order valence-corrected chi connectivity index (χ1v) is 5.40. The highest BCUT2D eigenvalue weighted by atomic mass is 79.9. The Balaban J connectivity index is 2.80. The fourth-order valence-electron chi connectivity index (χ4n) is 1.10. The Morgan fingerprint density at radius 2 is 2.29 bits per heavy atom. The van der Waals surface area contributed by atoms with E-state index < -0.39 is 5.24 Å². The molecule has 0 bridgehead atoms. The van der Waals surface area contributed by atoms with E-state index in [1.54, 1.807) is 0 Å². The fraction of sp³-hybridized carbons (Fsp3) is 0.300. The van der Waals surface area contributed by atoms with Gasteiger partial charge in [-0.15, -0.1) is 0 Å². The summed E-state index contributed by atoms with van der Waals surface area (Å²) in [6.07, 6.45) is 0.852. The lowest BCUT2D eigenvalue weighted by Gasteiger charge is -2.08. The van der Waals surface area contributed by atoms with Crippen LogP contribution in [0.5, 0.6) is 5.75 Å². The summed E-state index contributed by atoms with van der Waals surface area (Å²) in [7, 11) is 0. The molecule has 0 spiro atoms. The van der Waals surface area contributed by atoms with Crippen molar-refractivity contribution >= 4 is 32.8 Å². The molecule has 0 saturated heterocycles. The zero-order chi connectivity index (χ0) is 10.6. The molecule has 0 unspecified atom stereocenters. The van der Waals surface area contributed by atoms with Crippen molar-refractivity contribution in [2.75, 3.05) is 6.61 Å². The second-order valence-electron chi connectivity index (χ2n) is 2.75. The highest BCUT2D eigenvalue weighted by molar-refractivity contribution is 9.10. The van der Waals surface area contributed by atoms with Crippen LogP contribution in [0.3, 0.4) is 0 Å². The first kappa shape index (κ1) is 11.5. The van der Waals surface area contributed by atoms with Crippen molar-refractivity contribution in [2.24, 2.45) is 0 Å².